The number of aryl methyl sites for hydroxylation is 2. The maximum absolute atomic E-state index is 13.8. The number of nitrogens with zero attached hydrogens (tertiary/aromatic N) is 6. The van der Waals surface area contributed by atoms with Crippen molar-refractivity contribution in [3.8, 4) is 0 Å². The van der Waals surface area contributed by atoms with Gasteiger partial charge in [-0.05, 0) is 57.8 Å². The molecule has 11 nitrogen and oxygen atoms in total. The highest BCUT2D eigenvalue weighted by atomic mass is 16.2. The van der Waals surface area contributed by atoms with E-state index in [0.717, 1.165) is 27.9 Å². The SMILES string of the molecule is C=CC(=O)Nc1ccc2nc(Nc3nn(C)c4c3CN(C(=O)N[C@H](CN(C)C)c3ccccc3)C4(C)C)n(C)c2c1. The largest absolute Gasteiger partial charge is 0.330 e. The molecule has 11 heteroatoms. The first-order valence-corrected chi connectivity index (χ1v) is 13.5. The number of nitrogens with one attached hydrogen (secondary N) is 3. The van der Waals surface area contributed by atoms with Gasteiger partial charge in [-0.15, -0.1) is 0 Å². The monoisotopic (exact) mass is 555 g/mol. The third-order valence-corrected chi connectivity index (χ3v) is 7.57. The number of hydrogen-bond acceptors (Lipinski definition) is 6. The second-order valence-corrected chi connectivity index (χ2v) is 11.1. The lowest BCUT2D eigenvalue weighted by Gasteiger charge is -2.34. The average molecular weight is 556 g/mol. The fraction of sp³-hybridized carbons (Fsp3) is 0.333. The molecule has 5 rings (SSSR count). The molecule has 2 aromatic heterocycles. The van der Waals surface area contributed by atoms with Crippen molar-refractivity contribution in [2.45, 2.75) is 32.0 Å². The maximum Gasteiger partial charge on any atom is 0.319 e. The summed E-state index contributed by atoms with van der Waals surface area (Å²) in [7, 11) is 7.80. The van der Waals surface area contributed by atoms with E-state index in [1.807, 2.05) is 98.7 Å². The summed E-state index contributed by atoms with van der Waals surface area (Å²) >= 11 is 0. The van der Waals surface area contributed by atoms with E-state index < -0.39 is 5.54 Å². The molecule has 41 heavy (non-hydrogen) atoms. The molecule has 0 spiro atoms. The lowest BCUT2D eigenvalue weighted by Crippen LogP contribution is -2.49. The normalized spacial score (nSPS) is 14.7. The summed E-state index contributed by atoms with van der Waals surface area (Å²) < 4.78 is 3.75. The van der Waals surface area contributed by atoms with Crippen molar-refractivity contribution in [3.05, 3.63) is 78.0 Å². The van der Waals surface area contributed by atoms with Crippen molar-refractivity contribution in [2.24, 2.45) is 14.1 Å². The van der Waals surface area contributed by atoms with Gasteiger partial charge in [-0.2, -0.15) is 5.10 Å². The Kier molecular flexibility index (Phi) is 7.31. The summed E-state index contributed by atoms with van der Waals surface area (Å²) in [5.41, 5.74) is 4.65. The molecule has 3 N–H and O–H groups in total. The smallest absolute Gasteiger partial charge is 0.319 e. The van der Waals surface area contributed by atoms with Crippen molar-refractivity contribution >= 4 is 40.4 Å². The Bertz CT molecular complexity index is 1620. The number of fused-ring (bicyclic) bond motifs is 2. The van der Waals surface area contributed by atoms with E-state index in [9.17, 15) is 9.59 Å². The van der Waals surface area contributed by atoms with E-state index in [0.29, 0.717) is 30.5 Å². The number of benzene rings is 2. The number of rotatable bonds is 8. The van der Waals surface area contributed by atoms with Gasteiger partial charge in [-0.1, -0.05) is 36.9 Å². The van der Waals surface area contributed by atoms with Crippen LogP contribution in [-0.4, -0.2) is 61.7 Å². The van der Waals surface area contributed by atoms with Crippen molar-refractivity contribution in [3.63, 3.8) is 0 Å². The highest BCUT2D eigenvalue weighted by Crippen LogP contribution is 2.42. The third-order valence-electron chi connectivity index (χ3n) is 7.57. The predicted octanol–water partition coefficient (Wildman–Crippen LogP) is 4.24. The molecule has 0 saturated heterocycles. The minimum Gasteiger partial charge on any atom is -0.330 e. The van der Waals surface area contributed by atoms with Gasteiger partial charge in [0.05, 0.1) is 34.9 Å². The van der Waals surface area contributed by atoms with Crippen LogP contribution in [0.15, 0.2) is 61.2 Å². The highest BCUT2D eigenvalue weighted by Gasteiger charge is 2.45. The highest BCUT2D eigenvalue weighted by molar-refractivity contribution is 6.00. The van der Waals surface area contributed by atoms with Crippen molar-refractivity contribution in [2.75, 3.05) is 31.3 Å². The number of carbonyl (C=O) groups is 2. The Labute approximate surface area is 239 Å². The van der Waals surface area contributed by atoms with Crippen molar-refractivity contribution < 1.29 is 9.59 Å². The number of hydrogen-bond donors (Lipinski definition) is 3. The van der Waals surface area contributed by atoms with Crippen LogP contribution < -0.4 is 16.0 Å². The number of imidazole rings is 1. The zero-order valence-electron chi connectivity index (χ0n) is 24.4. The van der Waals surface area contributed by atoms with Crippen LogP contribution in [-0.2, 0) is 31.0 Å². The molecule has 1 atom stereocenters. The van der Waals surface area contributed by atoms with Crippen LogP contribution in [0.2, 0.25) is 0 Å². The number of urea groups is 1. The first kappa shape index (κ1) is 27.9. The van der Waals surface area contributed by atoms with Crippen molar-refractivity contribution in [1.29, 1.82) is 0 Å². The summed E-state index contributed by atoms with van der Waals surface area (Å²) in [5, 5.41) is 14.2. The maximum atomic E-state index is 13.8. The molecule has 1 aliphatic heterocycles. The van der Waals surface area contributed by atoms with E-state index in [1.54, 1.807) is 6.07 Å². The van der Waals surface area contributed by atoms with Gasteiger partial charge in [0.15, 0.2) is 5.82 Å². The first-order chi connectivity index (χ1) is 19.5. The lowest BCUT2D eigenvalue weighted by molar-refractivity contribution is -0.111. The van der Waals surface area contributed by atoms with Gasteiger partial charge in [0.25, 0.3) is 0 Å². The molecule has 1 aliphatic rings. The van der Waals surface area contributed by atoms with E-state index in [-0.39, 0.29) is 18.0 Å². The van der Waals surface area contributed by atoms with Crippen LogP contribution in [0.5, 0.6) is 0 Å². The lowest BCUT2D eigenvalue weighted by atomic mass is 10.0. The van der Waals surface area contributed by atoms with Gasteiger partial charge in [0.1, 0.15) is 0 Å². The molecule has 0 saturated carbocycles. The molecule has 0 unspecified atom stereocenters. The van der Waals surface area contributed by atoms with E-state index in [2.05, 4.69) is 27.4 Å². The van der Waals surface area contributed by atoms with Crippen molar-refractivity contribution in [1.82, 2.24) is 34.4 Å². The van der Waals surface area contributed by atoms with Crippen LogP contribution in [0.3, 0.4) is 0 Å². The summed E-state index contributed by atoms with van der Waals surface area (Å²) in [6.45, 7) is 8.67. The summed E-state index contributed by atoms with van der Waals surface area (Å²) in [5.74, 6) is 0.975. The fourth-order valence-corrected chi connectivity index (χ4v) is 5.58. The molecule has 214 valence electrons. The molecule has 4 aromatic rings. The summed E-state index contributed by atoms with van der Waals surface area (Å²) in [4.78, 5) is 34.2. The fourth-order valence-electron chi connectivity index (χ4n) is 5.58. The molecule has 0 radical (unpaired) electrons. The van der Waals surface area contributed by atoms with E-state index in [4.69, 9.17) is 10.1 Å². The Morgan fingerprint density at radius 2 is 1.88 bits per heavy atom. The first-order valence-electron chi connectivity index (χ1n) is 13.5. The Hall–Kier alpha value is -4.64. The third kappa shape index (κ3) is 5.28. The molecule has 3 heterocycles. The zero-order chi connectivity index (χ0) is 29.5. The Morgan fingerprint density at radius 3 is 2.56 bits per heavy atom. The van der Waals surface area contributed by atoms with Crippen LogP contribution in [0.1, 0.15) is 36.7 Å². The summed E-state index contributed by atoms with van der Waals surface area (Å²) in [6, 6.07) is 15.3. The number of carbonyl (C=O) groups excluding carboxylic acids is 2. The molecular formula is C30H37N9O2. The second-order valence-electron chi connectivity index (χ2n) is 11.1. The van der Waals surface area contributed by atoms with Gasteiger partial charge in [0, 0.05) is 31.9 Å². The standard InChI is InChI=1S/C30H37N9O2/c1-8-25(40)31-20-14-15-22-24(16-20)37(6)28(32-22)34-27-21-17-39(30(2,3)26(21)38(7)35-27)29(41)33-23(18-36(4)5)19-12-10-9-11-13-19/h8-16,23H,1,17-18H2,2-7H3,(H,31,40)(H,33,41)(H,32,34,35)/t23-/m1/s1. The predicted molar refractivity (Wildman–Crippen MR) is 161 cm³/mol. The van der Waals surface area contributed by atoms with Crippen LogP contribution in [0.4, 0.5) is 22.2 Å². The van der Waals surface area contributed by atoms with Gasteiger partial charge < -0.3 is 30.3 Å². The summed E-state index contributed by atoms with van der Waals surface area (Å²) in [6.07, 6.45) is 1.23. The Morgan fingerprint density at radius 1 is 1.15 bits per heavy atom. The van der Waals surface area contributed by atoms with Gasteiger partial charge in [-0.3, -0.25) is 9.48 Å². The molecule has 0 aliphatic carbocycles. The molecule has 0 bridgehead atoms. The Balaban J connectivity index is 1.40. The van der Waals surface area contributed by atoms with Crippen LogP contribution in [0.25, 0.3) is 11.0 Å². The molecular weight excluding hydrogens is 518 g/mol. The number of anilines is 3. The molecule has 2 aromatic carbocycles. The molecule has 3 amide bonds. The molecule has 0 fully saturated rings. The van der Waals surface area contributed by atoms with Gasteiger partial charge in [0.2, 0.25) is 11.9 Å². The van der Waals surface area contributed by atoms with Gasteiger partial charge >= 0.3 is 6.03 Å². The number of amides is 3. The number of aromatic nitrogens is 4. The van der Waals surface area contributed by atoms with E-state index in [1.165, 1.54) is 6.08 Å². The minimum absolute atomic E-state index is 0.135. The average Bonchev–Trinajstić information content (AvgIpc) is 3.52. The second kappa shape index (κ2) is 10.7. The van der Waals surface area contributed by atoms with Crippen LogP contribution >= 0.6 is 0 Å². The number of likely N-dealkylation sites (N-methyl/N-ethyl adjacent to an activating group) is 1. The van der Waals surface area contributed by atoms with Gasteiger partial charge in [-0.25, -0.2) is 9.78 Å². The quantitative estimate of drug-likeness (QED) is 0.281. The topological polar surface area (TPSA) is 112 Å². The van der Waals surface area contributed by atoms with Crippen LogP contribution in [0, 0.1) is 0 Å². The zero-order valence-corrected chi connectivity index (χ0v) is 24.4. The minimum atomic E-state index is -0.592. The van der Waals surface area contributed by atoms with E-state index >= 15 is 0 Å².